The number of hydrogen-bond acceptors (Lipinski definition) is 8. The zero-order valence-electron chi connectivity index (χ0n) is 29.5. The summed E-state index contributed by atoms with van der Waals surface area (Å²) in [5, 5.41) is 19.6. The van der Waals surface area contributed by atoms with E-state index in [4.69, 9.17) is 14.0 Å². The fourth-order valence-electron chi connectivity index (χ4n) is 5.88. The molecule has 3 amide bonds. The fourth-order valence-corrected chi connectivity index (χ4v) is 5.88. The Kier molecular flexibility index (Phi) is 13.3. The molecule has 11 nitrogen and oxygen atoms in total. The van der Waals surface area contributed by atoms with Crippen LogP contribution in [-0.4, -0.2) is 83.6 Å². The summed E-state index contributed by atoms with van der Waals surface area (Å²) in [5.74, 6) is 0.235. The molecule has 0 unspecified atom stereocenters. The lowest BCUT2D eigenvalue weighted by Crippen LogP contribution is -2.47. The largest absolute Gasteiger partial charge is 0.490 e. The van der Waals surface area contributed by atoms with Gasteiger partial charge in [0.25, 0.3) is 5.91 Å². The minimum atomic E-state index is -4.40. The molecule has 1 aromatic heterocycles. The number of rotatable bonds is 8. The number of aromatic nitrogens is 1. The van der Waals surface area contributed by atoms with Crippen molar-refractivity contribution in [1.29, 1.82) is 0 Å². The Labute approximate surface area is 291 Å². The Morgan fingerprint density at radius 3 is 2.48 bits per heavy atom. The van der Waals surface area contributed by atoms with E-state index >= 15 is 0 Å². The summed E-state index contributed by atoms with van der Waals surface area (Å²) < 4.78 is 57.0. The number of amides is 3. The van der Waals surface area contributed by atoms with E-state index in [1.54, 1.807) is 43.9 Å². The van der Waals surface area contributed by atoms with Gasteiger partial charge in [0, 0.05) is 37.8 Å². The number of aliphatic hydroxyl groups is 1. The average Bonchev–Trinajstić information content (AvgIpc) is 3.37. The number of likely N-dealkylation sites (N-methyl/N-ethyl adjacent to an activating group) is 1. The molecular formula is C36H48F3N5O6. The summed E-state index contributed by atoms with van der Waals surface area (Å²) in [6.07, 6.45) is -2.63. The van der Waals surface area contributed by atoms with Gasteiger partial charge in [-0.3, -0.25) is 9.69 Å². The summed E-state index contributed by atoms with van der Waals surface area (Å²) in [6, 6.07) is 8.90. The van der Waals surface area contributed by atoms with Crippen LogP contribution in [0.5, 0.6) is 5.75 Å². The van der Waals surface area contributed by atoms with Crippen LogP contribution in [0.3, 0.4) is 0 Å². The lowest BCUT2D eigenvalue weighted by molar-refractivity contribution is -0.137. The van der Waals surface area contributed by atoms with E-state index in [0.29, 0.717) is 54.7 Å². The first-order valence-electron chi connectivity index (χ1n) is 16.9. The predicted molar refractivity (Wildman–Crippen MR) is 183 cm³/mol. The number of carbonyl (C=O) groups is 2. The van der Waals surface area contributed by atoms with Crippen molar-refractivity contribution in [1.82, 2.24) is 15.0 Å². The van der Waals surface area contributed by atoms with Gasteiger partial charge >= 0.3 is 12.2 Å². The van der Waals surface area contributed by atoms with E-state index in [9.17, 15) is 27.9 Å². The molecular weight excluding hydrogens is 655 g/mol. The van der Waals surface area contributed by atoms with Crippen molar-refractivity contribution in [2.45, 2.75) is 84.9 Å². The first-order chi connectivity index (χ1) is 23.7. The molecule has 3 N–H and O–H groups in total. The Hall–Kier alpha value is -4.14. The number of aryl methyl sites for hydroxylation is 2. The number of ether oxygens (including phenoxy) is 2. The smallest absolute Gasteiger partial charge is 0.416 e. The Morgan fingerprint density at radius 2 is 1.84 bits per heavy atom. The molecule has 0 fully saturated rings. The molecule has 3 aromatic rings. The van der Waals surface area contributed by atoms with Crippen LogP contribution >= 0.6 is 0 Å². The number of aliphatic hydroxyl groups excluding tert-OH is 1. The average molecular weight is 704 g/mol. The first-order valence-corrected chi connectivity index (χ1v) is 16.9. The quantitative estimate of drug-likeness (QED) is 0.232. The molecule has 0 saturated carbocycles. The van der Waals surface area contributed by atoms with Crippen LogP contribution in [0.15, 0.2) is 47.0 Å². The van der Waals surface area contributed by atoms with Gasteiger partial charge in [-0.15, -0.1) is 0 Å². The second kappa shape index (κ2) is 17.2. The van der Waals surface area contributed by atoms with Gasteiger partial charge in [-0.05, 0) is 89.9 Å². The van der Waals surface area contributed by atoms with Crippen LogP contribution < -0.4 is 15.4 Å². The molecule has 0 radical (unpaired) electrons. The van der Waals surface area contributed by atoms with Crippen LogP contribution in [0.2, 0.25) is 0 Å². The minimum Gasteiger partial charge on any atom is -0.490 e. The number of urea groups is 1. The van der Waals surface area contributed by atoms with Crippen LogP contribution in [0.25, 0.3) is 0 Å². The van der Waals surface area contributed by atoms with E-state index in [-0.39, 0.29) is 42.7 Å². The molecule has 0 spiro atoms. The second-order valence-corrected chi connectivity index (χ2v) is 13.2. The van der Waals surface area contributed by atoms with Crippen molar-refractivity contribution in [3.63, 3.8) is 0 Å². The normalized spacial score (nSPS) is 20.1. The van der Waals surface area contributed by atoms with Crippen molar-refractivity contribution >= 4 is 23.3 Å². The highest BCUT2D eigenvalue weighted by molar-refractivity contribution is 6.03. The lowest BCUT2D eigenvalue weighted by atomic mass is 10.0. The molecule has 0 saturated heterocycles. The number of carbonyl (C=O) groups excluding carboxylic acids is 2. The van der Waals surface area contributed by atoms with Gasteiger partial charge in [-0.1, -0.05) is 24.2 Å². The zero-order chi connectivity index (χ0) is 36.6. The molecule has 2 aromatic carbocycles. The third-order valence-electron chi connectivity index (χ3n) is 8.81. The Morgan fingerprint density at radius 1 is 1.12 bits per heavy atom. The first kappa shape index (κ1) is 38.7. The molecule has 4 atom stereocenters. The van der Waals surface area contributed by atoms with Crippen LogP contribution in [0, 0.1) is 19.8 Å². The number of nitrogens with one attached hydrogen (secondary N) is 2. The highest BCUT2D eigenvalue weighted by Gasteiger charge is 2.32. The molecule has 0 bridgehead atoms. The maximum Gasteiger partial charge on any atom is 0.416 e. The van der Waals surface area contributed by atoms with E-state index in [0.717, 1.165) is 30.5 Å². The summed E-state index contributed by atoms with van der Waals surface area (Å²) in [5.41, 5.74) is 1.60. The monoisotopic (exact) mass is 703 g/mol. The number of anilines is 2. The van der Waals surface area contributed by atoms with Gasteiger partial charge in [0.2, 0.25) is 0 Å². The standard InChI is InChI=1S/C36H48F3N5O6/c1-22-18-44(23(2)21-45)34(46)30-17-29(40-35(47)41-33-25(4)42-50-26(33)5)14-15-31(30)49-24(3)9-7-8-16-48-32(22)20-43(6)19-27-10-12-28(13-11-27)36(37,38)39/h10-15,17,22-24,32,45H,7-9,16,18-21H2,1-6H3,(H2,40,41,47)/t22-,23+,24-,32+/m0/s1. The fraction of sp³-hybridized carbons (Fsp3) is 0.528. The van der Waals surface area contributed by atoms with Crippen molar-refractivity contribution in [2.75, 3.05) is 44.0 Å². The van der Waals surface area contributed by atoms with E-state index in [1.807, 2.05) is 25.8 Å². The van der Waals surface area contributed by atoms with Crippen LogP contribution in [0.1, 0.15) is 73.0 Å². The number of fused-ring (bicyclic) bond motifs is 1. The van der Waals surface area contributed by atoms with Gasteiger partial charge in [-0.25, -0.2) is 4.79 Å². The number of halogens is 3. The number of benzene rings is 2. The minimum absolute atomic E-state index is 0.198. The topological polar surface area (TPSA) is 129 Å². The third kappa shape index (κ3) is 10.4. The van der Waals surface area contributed by atoms with Crippen molar-refractivity contribution in [2.24, 2.45) is 5.92 Å². The van der Waals surface area contributed by atoms with Crippen LogP contribution in [0.4, 0.5) is 29.3 Å². The molecule has 4 rings (SSSR count). The van der Waals surface area contributed by atoms with Crippen LogP contribution in [-0.2, 0) is 17.5 Å². The highest BCUT2D eigenvalue weighted by Crippen LogP contribution is 2.31. The van der Waals surface area contributed by atoms with E-state index in [2.05, 4.69) is 15.8 Å². The summed E-state index contributed by atoms with van der Waals surface area (Å²) >= 11 is 0. The number of hydrogen-bond donors (Lipinski definition) is 3. The van der Waals surface area contributed by atoms with E-state index in [1.165, 1.54) is 12.1 Å². The van der Waals surface area contributed by atoms with Crippen molar-refractivity contribution in [3.05, 3.63) is 70.6 Å². The maximum atomic E-state index is 14.4. The zero-order valence-corrected chi connectivity index (χ0v) is 29.5. The van der Waals surface area contributed by atoms with Gasteiger partial charge in [0.05, 0.1) is 36.0 Å². The SMILES string of the molecule is Cc1noc(C)c1NC(=O)Nc1ccc2c(c1)C(=O)N([C@H](C)CO)C[C@H](C)[C@@H](CN(C)Cc1ccc(C(F)(F)F)cc1)OCCCC[C@H](C)O2. The van der Waals surface area contributed by atoms with Gasteiger partial charge in [-0.2, -0.15) is 13.2 Å². The van der Waals surface area contributed by atoms with Crippen molar-refractivity contribution < 1.29 is 41.9 Å². The Bertz CT molecular complexity index is 1560. The molecule has 2 heterocycles. The molecule has 50 heavy (non-hydrogen) atoms. The lowest BCUT2D eigenvalue weighted by Gasteiger charge is -2.36. The molecule has 274 valence electrons. The predicted octanol–water partition coefficient (Wildman–Crippen LogP) is 6.88. The number of alkyl halides is 3. The second-order valence-electron chi connectivity index (χ2n) is 13.2. The highest BCUT2D eigenvalue weighted by atomic mass is 19.4. The summed E-state index contributed by atoms with van der Waals surface area (Å²) in [4.78, 5) is 30.8. The number of nitrogens with zero attached hydrogens (tertiary/aromatic N) is 3. The van der Waals surface area contributed by atoms with Crippen molar-refractivity contribution in [3.8, 4) is 5.75 Å². The van der Waals surface area contributed by atoms with Gasteiger partial charge < -0.3 is 34.6 Å². The van der Waals surface area contributed by atoms with E-state index < -0.39 is 23.8 Å². The molecule has 14 heteroatoms. The Balaban J connectivity index is 1.57. The third-order valence-corrected chi connectivity index (χ3v) is 8.81. The summed E-state index contributed by atoms with van der Waals surface area (Å²) in [7, 11) is 1.88. The maximum absolute atomic E-state index is 14.4. The van der Waals surface area contributed by atoms with Gasteiger partial charge in [0.1, 0.15) is 17.1 Å². The summed E-state index contributed by atoms with van der Waals surface area (Å²) in [6.45, 7) is 10.3. The molecule has 0 aliphatic carbocycles. The molecule has 1 aliphatic rings. The molecule has 1 aliphatic heterocycles. The van der Waals surface area contributed by atoms with Gasteiger partial charge in [0.15, 0.2) is 5.76 Å².